The van der Waals surface area contributed by atoms with E-state index in [1.807, 2.05) is 0 Å². The summed E-state index contributed by atoms with van der Waals surface area (Å²) in [6, 6.07) is 17.2. The molecule has 0 bridgehead atoms. The highest BCUT2D eigenvalue weighted by Crippen LogP contribution is 2.33. The number of hydrogen-bond acceptors (Lipinski definition) is 4. The van der Waals surface area contributed by atoms with Crippen LogP contribution in [0.4, 0.5) is 0 Å². The number of halogens is 1. The zero-order valence-electron chi connectivity index (χ0n) is 22.8. The summed E-state index contributed by atoms with van der Waals surface area (Å²) < 4.78 is 12.0. The molecular weight excluding hydrogens is 456 g/mol. The van der Waals surface area contributed by atoms with E-state index in [4.69, 9.17) is 9.47 Å². The fraction of sp³-hybridized carbons (Fsp3) is 0.533. The van der Waals surface area contributed by atoms with Gasteiger partial charge in [0.2, 0.25) is 0 Å². The Balaban J connectivity index is 0.00000612. The third kappa shape index (κ3) is 9.87. The lowest BCUT2D eigenvalue weighted by Crippen LogP contribution is -2.27. The van der Waals surface area contributed by atoms with Crippen LogP contribution < -0.4 is 9.47 Å². The summed E-state index contributed by atoms with van der Waals surface area (Å²) in [6.45, 7) is 20.9. The average molecular weight is 503 g/mol. The van der Waals surface area contributed by atoms with Crippen LogP contribution in [0.15, 0.2) is 48.5 Å². The number of rotatable bonds is 16. The lowest BCUT2D eigenvalue weighted by Gasteiger charge is -2.19. The highest BCUT2D eigenvalue weighted by Gasteiger charge is 2.10. The SMILES string of the molecule is CC/C(=C(\CC)c1ccc(OCCN(CC)CC)cc1)c1ccc(OCCN(CC)CC)cc1.Cl. The monoisotopic (exact) mass is 502 g/mol. The minimum atomic E-state index is 0. The summed E-state index contributed by atoms with van der Waals surface area (Å²) in [7, 11) is 0. The van der Waals surface area contributed by atoms with Crippen molar-refractivity contribution in [2.75, 3.05) is 52.5 Å². The molecule has 0 atom stereocenters. The first-order valence-corrected chi connectivity index (χ1v) is 13.2. The molecule has 2 aromatic rings. The fourth-order valence-corrected chi connectivity index (χ4v) is 4.35. The second kappa shape index (κ2) is 17.4. The summed E-state index contributed by atoms with van der Waals surface area (Å²) in [5, 5.41) is 0. The molecule has 0 aliphatic carbocycles. The van der Waals surface area contributed by atoms with E-state index in [0.717, 1.165) is 76.8 Å². The zero-order valence-corrected chi connectivity index (χ0v) is 23.6. The van der Waals surface area contributed by atoms with Crippen LogP contribution in [0.1, 0.15) is 65.5 Å². The van der Waals surface area contributed by atoms with Gasteiger partial charge >= 0.3 is 0 Å². The van der Waals surface area contributed by atoms with Crippen molar-refractivity contribution in [3.05, 3.63) is 59.7 Å². The molecular formula is C30H47ClN2O2. The van der Waals surface area contributed by atoms with Gasteiger partial charge in [0.1, 0.15) is 24.7 Å². The number of allylic oxidation sites excluding steroid dienone is 2. The van der Waals surface area contributed by atoms with Gasteiger partial charge in [-0.05, 0) is 85.6 Å². The zero-order chi connectivity index (χ0) is 24.8. The van der Waals surface area contributed by atoms with E-state index in [0.29, 0.717) is 0 Å². The van der Waals surface area contributed by atoms with E-state index in [1.165, 1.54) is 22.3 Å². The molecule has 0 fully saturated rings. The topological polar surface area (TPSA) is 24.9 Å². The summed E-state index contributed by atoms with van der Waals surface area (Å²) in [5.74, 6) is 1.88. The van der Waals surface area contributed by atoms with E-state index in [9.17, 15) is 0 Å². The Labute approximate surface area is 220 Å². The molecule has 0 saturated heterocycles. The van der Waals surface area contributed by atoms with Crippen LogP contribution in [-0.4, -0.2) is 62.3 Å². The van der Waals surface area contributed by atoms with E-state index < -0.39 is 0 Å². The standard InChI is InChI=1S/C30H46N2O2.ClH/c1-7-29(25-13-17-27(18-14-25)33-23-21-31(9-3)10-4)30(8-2)26-15-19-28(20-16-26)34-24-22-32(11-5)12-6;/h13-20H,7-12,21-24H2,1-6H3;1H/b30-29-;. The number of hydrogen-bond donors (Lipinski definition) is 0. The van der Waals surface area contributed by atoms with Gasteiger partial charge in [-0.15, -0.1) is 12.4 Å². The first-order chi connectivity index (χ1) is 16.6. The summed E-state index contributed by atoms with van der Waals surface area (Å²) in [4.78, 5) is 4.75. The van der Waals surface area contributed by atoms with Gasteiger partial charge in [0.15, 0.2) is 0 Å². The van der Waals surface area contributed by atoms with Crippen LogP contribution in [0, 0.1) is 0 Å². The van der Waals surface area contributed by atoms with Gasteiger partial charge in [0.25, 0.3) is 0 Å². The third-order valence-electron chi connectivity index (χ3n) is 6.62. The van der Waals surface area contributed by atoms with Crippen LogP contribution in [0.5, 0.6) is 11.5 Å². The Morgan fingerprint density at radius 2 is 0.857 bits per heavy atom. The quantitative estimate of drug-likeness (QED) is 0.225. The maximum Gasteiger partial charge on any atom is 0.119 e. The fourth-order valence-electron chi connectivity index (χ4n) is 4.35. The molecule has 0 aliphatic heterocycles. The molecule has 0 N–H and O–H groups in total. The molecule has 0 unspecified atom stereocenters. The van der Waals surface area contributed by atoms with Gasteiger partial charge < -0.3 is 19.3 Å². The summed E-state index contributed by atoms with van der Waals surface area (Å²) in [5.41, 5.74) is 5.34. The van der Waals surface area contributed by atoms with Gasteiger partial charge in [-0.3, -0.25) is 0 Å². The van der Waals surface area contributed by atoms with Crippen molar-refractivity contribution in [1.82, 2.24) is 9.80 Å². The average Bonchev–Trinajstić information content (AvgIpc) is 2.88. The summed E-state index contributed by atoms with van der Waals surface area (Å²) in [6.07, 6.45) is 1.99. The van der Waals surface area contributed by atoms with Gasteiger partial charge in [0, 0.05) is 13.1 Å². The maximum absolute atomic E-state index is 5.98. The molecule has 2 rings (SSSR count). The van der Waals surface area contributed by atoms with Crippen molar-refractivity contribution >= 4 is 23.6 Å². The Hall–Kier alpha value is -2.01. The first-order valence-electron chi connectivity index (χ1n) is 13.2. The van der Waals surface area contributed by atoms with Crippen molar-refractivity contribution in [2.45, 2.75) is 54.4 Å². The van der Waals surface area contributed by atoms with Crippen LogP contribution in [-0.2, 0) is 0 Å². The van der Waals surface area contributed by atoms with Crippen LogP contribution in [0.3, 0.4) is 0 Å². The lowest BCUT2D eigenvalue weighted by atomic mass is 9.91. The van der Waals surface area contributed by atoms with Crippen LogP contribution in [0.25, 0.3) is 11.1 Å². The number of benzene rings is 2. The molecule has 0 aliphatic rings. The van der Waals surface area contributed by atoms with Crippen LogP contribution in [0.2, 0.25) is 0 Å². The normalized spacial score (nSPS) is 11.9. The minimum Gasteiger partial charge on any atom is -0.492 e. The Morgan fingerprint density at radius 3 is 1.11 bits per heavy atom. The molecule has 5 heteroatoms. The van der Waals surface area contributed by atoms with E-state index in [2.05, 4.69) is 99.9 Å². The lowest BCUT2D eigenvalue weighted by molar-refractivity contribution is 0.223. The third-order valence-corrected chi connectivity index (χ3v) is 6.62. The highest BCUT2D eigenvalue weighted by atomic mass is 35.5. The van der Waals surface area contributed by atoms with Crippen molar-refractivity contribution < 1.29 is 9.47 Å². The smallest absolute Gasteiger partial charge is 0.119 e. The molecule has 0 spiro atoms. The van der Waals surface area contributed by atoms with E-state index >= 15 is 0 Å². The Morgan fingerprint density at radius 1 is 0.543 bits per heavy atom. The Kier molecular flexibility index (Phi) is 15.4. The molecule has 0 saturated carbocycles. The molecule has 196 valence electrons. The second-order valence-electron chi connectivity index (χ2n) is 8.46. The Bertz CT molecular complexity index is 770. The van der Waals surface area contributed by atoms with Gasteiger partial charge in [-0.1, -0.05) is 65.8 Å². The van der Waals surface area contributed by atoms with E-state index in [1.54, 1.807) is 0 Å². The highest BCUT2D eigenvalue weighted by molar-refractivity contribution is 5.90. The predicted octanol–water partition coefficient (Wildman–Crippen LogP) is 7.28. The first kappa shape index (κ1) is 31.0. The molecule has 4 nitrogen and oxygen atoms in total. The number of nitrogens with zero attached hydrogens (tertiary/aromatic N) is 2. The van der Waals surface area contributed by atoms with E-state index in [-0.39, 0.29) is 12.4 Å². The molecule has 0 heterocycles. The van der Waals surface area contributed by atoms with Crippen molar-refractivity contribution in [3.8, 4) is 11.5 Å². The molecule has 0 radical (unpaired) electrons. The van der Waals surface area contributed by atoms with Crippen molar-refractivity contribution in [1.29, 1.82) is 0 Å². The second-order valence-corrected chi connectivity index (χ2v) is 8.46. The molecule has 0 aromatic heterocycles. The van der Waals surface area contributed by atoms with Crippen molar-refractivity contribution in [2.24, 2.45) is 0 Å². The minimum absolute atomic E-state index is 0. The van der Waals surface area contributed by atoms with Gasteiger partial charge in [0.05, 0.1) is 0 Å². The number of likely N-dealkylation sites (N-methyl/N-ethyl adjacent to an activating group) is 2. The van der Waals surface area contributed by atoms with Gasteiger partial charge in [-0.2, -0.15) is 0 Å². The van der Waals surface area contributed by atoms with Gasteiger partial charge in [-0.25, -0.2) is 0 Å². The molecule has 2 aromatic carbocycles. The van der Waals surface area contributed by atoms with Crippen molar-refractivity contribution in [3.63, 3.8) is 0 Å². The predicted molar refractivity (Wildman–Crippen MR) is 154 cm³/mol. The summed E-state index contributed by atoms with van der Waals surface area (Å²) >= 11 is 0. The molecule has 0 amide bonds. The van der Waals surface area contributed by atoms with Crippen LogP contribution >= 0.6 is 12.4 Å². The number of ether oxygens (including phenoxy) is 2. The largest absolute Gasteiger partial charge is 0.492 e. The molecule has 35 heavy (non-hydrogen) atoms. The maximum atomic E-state index is 5.98.